The minimum absolute atomic E-state index is 0.0613. The number of carbonyl (C=O) groups excluding carboxylic acids is 1. The molecule has 0 spiro atoms. The van der Waals surface area contributed by atoms with Crippen LogP contribution in [0.1, 0.15) is 29.8 Å². The second-order valence-electron chi connectivity index (χ2n) is 6.77. The van der Waals surface area contributed by atoms with Crippen LogP contribution < -0.4 is 21.8 Å². The Morgan fingerprint density at radius 1 is 1.41 bits per heavy atom. The summed E-state index contributed by atoms with van der Waals surface area (Å²) in [7, 11) is 7.04. The molecule has 0 bridgehead atoms. The molecule has 9 heteroatoms. The van der Waals surface area contributed by atoms with Crippen LogP contribution in [0.4, 0.5) is 15.8 Å². The van der Waals surface area contributed by atoms with Crippen molar-refractivity contribution >= 4 is 30.6 Å². The largest absolute Gasteiger partial charge is 0.393 e. The van der Waals surface area contributed by atoms with E-state index in [0.717, 1.165) is 6.07 Å². The maximum absolute atomic E-state index is 14.2. The van der Waals surface area contributed by atoms with Gasteiger partial charge in [-0.25, -0.2) is 9.87 Å². The highest BCUT2D eigenvalue weighted by molar-refractivity contribution is 6.32. The molecule has 0 atom stereocenters. The van der Waals surface area contributed by atoms with Gasteiger partial charge in [-0.05, 0) is 32.9 Å². The summed E-state index contributed by atoms with van der Waals surface area (Å²) < 4.78 is 15.4. The lowest BCUT2D eigenvalue weighted by molar-refractivity contribution is -0.0956. The van der Waals surface area contributed by atoms with E-state index in [1.54, 1.807) is 13.8 Å². The van der Waals surface area contributed by atoms with E-state index in [1.807, 2.05) is 0 Å². The van der Waals surface area contributed by atoms with E-state index in [1.165, 1.54) is 36.9 Å². The lowest BCUT2D eigenvalue weighted by atomic mass is 9.96. The lowest BCUT2D eigenvalue weighted by Crippen LogP contribution is -2.39. The Balaban J connectivity index is 2.45. The number of aliphatic hydroxyl groups is 1. The summed E-state index contributed by atoms with van der Waals surface area (Å²) in [5.74, 6) is -1.28. The number of aromatic nitrogens is 1. The molecule has 0 unspecified atom stereocenters. The molecule has 0 fully saturated rings. The summed E-state index contributed by atoms with van der Waals surface area (Å²) in [4.78, 5) is 30.1. The van der Waals surface area contributed by atoms with E-state index < -0.39 is 17.3 Å². The van der Waals surface area contributed by atoms with Crippen LogP contribution >= 0.6 is 0 Å². The van der Waals surface area contributed by atoms with Crippen LogP contribution in [-0.4, -0.2) is 35.6 Å². The zero-order valence-corrected chi connectivity index (χ0v) is 15.6. The zero-order chi connectivity index (χ0) is 20.4. The van der Waals surface area contributed by atoms with Gasteiger partial charge in [0, 0.05) is 18.8 Å². The Bertz CT molecular complexity index is 928. The maximum atomic E-state index is 14.2. The van der Waals surface area contributed by atoms with Gasteiger partial charge < -0.3 is 15.0 Å². The fourth-order valence-electron chi connectivity index (χ4n) is 2.26. The number of nitrogens with zero attached hydrogens (tertiary/aromatic N) is 1. The lowest BCUT2D eigenvalue weighted by Gasteiger charge is -2.23. The first-order valence-electron chi connectivity index (χ1n) is 8.17. The van der Waals surface area contributed by atoms with E-state index in [9.17, 15) is 19.1 Å². The fraction of sp³-hybridized carbons (Fsp3) is 0.333. The first-order chi connectivity index (χ1) is 12.6. The van der Waals surface area contributed by atoms with Gasteiger partial charge in [0.05, 0.1) is 23.5 Å². The SMILES string of the molecule is [B]c1ccc(Nc2c(C(=O)NOC(C)(C)CO)cn(C)c(=O)c2C)c(F)c1. The zero-order valence-electron chi connectivity index (χ0n) is 15.6. The highest BCUT2D eigenvalue weighted by atomic mass is 19.1. The molecular formula is C18H21BFN3O4. The number of rotatable bonds is 6. The Morgan fingerprint density at radius 3 is 2.67 bits per heavy atom. The summed E-state index contributed by atoms with van der Waals surface area (Å²) in [5, 5.41) is 12.0. The van der Waals surface area contributed by atoms with Crippen molar-refractivity contribution in [2.75, 3.05) is 11.9 Å². The molecule has 3 N–H and O–H groups in total. The number of benzene rings is 1. The van der Waals surface area contributed by atoms with Gasteiger partial charge in [-0.3, -0.25) is 14.4 Å². The molecule has 1 heterocycles. The van der Waals surface area contributed by atoms with E-state index in [-0.39, 0.29) is 40.1 Å². The normalized spacial score (nSPS) is 11.3. The second-order valence-corrected chi connectivity index (χ2v) is 6.77. The molecule has 7 nitrogen and oxygen atoms in total. The van der Waals surface area contributed by atoms with Crippen molar-refractivity contribution in [1.82, 2.24) is 10.0 Å². The van der Waals surface area contributed by atoms with Gasteiger partial charge in [0.1, 0.15) is 19.3 Å². The maximum Gasteiger partial charge on any atom is 0.278 e. The van der Waals surface area contributed by atoms with Gasteiger partial charge >= 0.3 is 0 Å². The molecule has 2 radical (unpaired) electrons. The third kappa shape index (κ3) is 4.75. The van der Waals surface area contributed by atoms with Crippen LogP contribution in [0.25, 0.3) is 0 Å². The molecule has 1 aromatic carbocycles. The molecule has 1 aromatic heterocycles. The van der Waals surface area contributed by atoms with Crippen LogP contribution in [-0.2, 0) is 11.9 Å². The first kappa shape index (κ1) is 20.7. The molecular weight excluding hydrogens is 352 g/mol. The van der Waals surface area contributed by atoms with Crippen LogP contribution in [0.15, 0.2) is 29.2 Å². The molecule has 2 rings (SSSR count). The van der Waals surface area contributed by atoms with Crippen molar-refractivity contribution in [2.45, 2.75) is 26.4 Å². The van der Waals surface area contributed by atoms with Crippen LogP contribution in [0, 0.1) is 12.7 Å². The topological polar surface area (TPSA) is 92.6 Å². The molecule has 27 heavy (non-hydrogen) atoms. The summed E-state index contributed by atoms with van der Waals surface area (Å²) in [5.41, 5.74) is 1.65. The average molecular weight is 373 g/mol. The number of hydroxylamine groups is 1. The number of aryl methyl sites for hydroxylation is 1. The van der Waals surface area contributed by atoms with Crippen molar-refractivity contribution in [1.29, 1.82) is 0 Å². The van der Waals surface area contributed by atoms with Gasteiger partial charge in [0.25, 0.3) is 11.5 Å². The summed E-state index contributed by atoms with van der Waals surface area (Å²) in [6, 6.07) is 4.04. The Labute approximate surface area is 157 Å². The van der Waals surface area contributed by atoms with Crippen LogP contribution in [0.3, 0.4) is 0 Å². The minimum Gasteiger partial charge on any atom is -0.393 e. The molecule has 1 amide bonds. The summed E-state index contributed by atoms with van der Waals surface area (Å²) in [6.45, 7) is 4.38. The molecule has 0 aliphatic rings. The number of halogens is 1. The molecule has 2 aromatic rings. The smallest absolute Gasteiger partial charge is 0.278 e. The molecule has 0 aliphatic heterocycles. The van der Waals surface area contributed by atoms with Crippen molar-refractivity contribution < 1.29 is 19.1 Å². The second kappa shape index (κ2) is 7.93. The van der Waals surface area contributed by atoms with E-state index in [4.69, 9.17) is 12.7 Å². The van der Waals surface area contributed by atoms with Gasteiger partial charge in [0.15, 0.2) is 0 Å². The predicted octanol–water partition coefficient (Wildman–Crippen LogP) is 0.803. The van der Waals surface area contributed by atoms with E-state index in [0.29, 0.717) is 0 Å². The standard InChI is InChI=1S/C18H21BFN3O4/c1-10-15(21-14-6-5-11(19)7-13(14)20)12(8-23(4)17(10)26)16(25)22-27-18(2,3)9-24/h5-8,21,24H,9H2,1-4H3,(H,22,25). The third-order valence-electron chi connectivity index (χ3n) is 3.91. The summed E-state index contributed by atoms with van der Waals surface area (Å²) in [6.07, 6.45) is 1.32. The highest BCUT2D eigenvalue weighted by Crippen LogP contribution is 2.24. The number of hydrogen-bond acceptors (Lipinski definition) is 5. The predicted molar refractivity (Wildman–Crippen MR) is 101 cm³/mol. The number of hydrogen-bond donors (Lipinski definition) is 3. The highest BCUT2D eigenvalue weighted by Gasteiger charge is 2.23. The van der Waals surface area contributed by atoms with Gasteiger partial charge in [-0.1, -0.05) is 11.5 Å². The van der Waals surface area contributed by atoms with Crippen molar-refractivity contribution in [3.63, 3.8) is 0 Å². The van der Waals surface area contributed by atoms with Crippen LogP contribution in [0.5, 0.6) is 0 Å². The van der Waals surface area contributed by atoms with Gasteiger partial charge in [0.2, 0.25) is 0 Å². The summed E-state index contributed by atoms with van der Waals surface area (Å²) >= 11 is 0. The van der Waals surface area contributed by atoms with Crippen LogP contribution in [0.2, 0.25) is 0 Å². The fourth-order valence-corrected chi connectivity index (χ4v) is 2.26. The Hall–Kier alpha value is -2.65. The van der Waals surface area contributed by atoms with Gasteiger partial charge in [-0.2, -0.15) is 0 Å². The van der Waals surface area contributed by atoms with Crippen molar-refractivity contribution in [3.05, 3.63) is 51.7 Å². The Kier molecular flexibility index (Phi) is 6.07. The van der Waals surface area contributed by atoms with E-state index >= 15 is 0 Å². The number of nitrogens with one attached hydrogen (secondary N) is 2. The van der Waals surface area contributed by atoms with Gasteiger partial charge in [-0.15, -0.1) is 0 Å². The number of carbonyl (C=O) groups is 1. The number of aliphatic hydroxyl groups excluding tert-OH is 1. The monoisotopic (exact) mass is 373 g/mol. The van der Waals surface area contributed by atoms with Crippen molar-refractivity contribution in [2.24, 2.45) is 7.05 Å². The molecule has 0 saturated carbocycles. The quantitative estimate of drug-likeness (QED) is 0.515. The molecule has 142 valence electrons. The molecule has 0 aliphatic carbocycles. The number of anilines is 2. The Morgan fingerprint density at radius 2 is 2.07 bits per heavy atom. The van der Waals surface area contributed by atoms with Crippen molar-refractivity contribution in [3.8, 4) is 0 Å². The average Bonchev–Trinajstić information content (AvgIpc) is 2.61. The first-order valence-corrected chi connectivity index (χ1v) is 8.17. The van der Waals surface area contributed by atoms with E-state index in [2.05, 4.69) is 10.8 Å². The molecule has 0 saturated heterocycles. The third-order valence-corrected chi connectivity index (χ3v) is 3.91. The number of pyridine rings is 1. The number of amides is 1. The minimum atomic E-state index is -0.998.